The molecule has 0 unspecified atom stereocenters. The molecule has 48 heavy (non-hydrogen) atoms. The molecule has 0 saturated heterocycles. The lowest BCUT2D eigenvalue weighted by atomic mass is 9.78. The summed E-state index contributed by atoms with van der Waals surface area (Å²) in [5, 5.41) is 5.10. The monoisotopic (exact) mass is 732 g/mol. The van der Waals surface area contributed by atoms with Gasteiger partial charge in [0.05, 0.1) is 60.7 Å². The van der Waals surface area contributed by atoms with Crippen molar-refractivity contribution in [3.05, 3.63) is 34.9 Å². The topological polar surface area (TPSA) is 122 Å². The Morgan fingerprint density at radius 2 is 1.04 bits per heavy atom. The van der Waals surface area contributed by atoms with Crippen LogP contribution in [0.25, 0.3) is 0 Å². The number of carbonyl (C=O) groups is 4. The van der Waals surface area contributed by atoms with E-state index in [4.69, 9.17) is 32.7 Å². The van der Waals surface area contributed by atoms with E-state index in [1.165, 1.54) is 0 Å². The molecular formula is C30H36Cl2F6N4O6. The van der Waals surface area contributed by atoms with Gasteiger partial charge >= 0.3 is 24.3 Å². The first-order valence-corrected chi connectivity index (χ1v) is 16.1. The number of halogens is 8. The number of carbonyl (C=O) groups excluding carboxylic acids is 4. The number of aromatic nitrogens is 4. The van der Waals surface area contributed by atoms with Crippen LogP contribution >= 0.6 is 23.2 Å². The van der Waals surface area contributed by atoms with E-state index >= 15 is 0 Å². The Hall–Kier alpha value is -3.14. The molecule has 0 amide bonds. The Morgan fingerprint density at radius 3 is 1.29 bits per heavy atom. The van der Waals surface area contributed by atoms with E-state index in [1.807, 2.05) is 0 Å². The van der Waals surface area contributed by atoms with E-state index in [0.717, 1.165) is 21.8 Å². The third kappa shape index (κ3) is 9.10. The third-order valence-corrected chi connectivity index (χ3v) is 9.11. The van der Waals surface area contributed by atoms with Crippen LogP contribution in [-0.4, -0.2) is 55.2 Å². The van der Waals surface area contributed by atoms with Gasteiger partial charge in [-0.25, -0.2) is 0 Å². The van der Waals surface area contributed by atoms with Gasteiger partial charge in [-0.05, 0) is 87.4 Å². The average molecular weight is 734 g/mol. The second-order valence-corrected chi connectivity index (χ2v) is 12.5. The lowest BCUT2D eigenvalue weighted by molar-refractivity contribution is -0.153. The Kier molecular flexibility index (Phi) is 13.1. The fraction of sp³-hybridized carbons (Fsp3) is 0.667. The summed E-state index contributed by atoms with van der Waals surface area (Å²) in [6.45, 7) is 7.56. The van der Waals surface area contributed by atoms with Crippen molar-refractivity contribution >= 4 is 45.6 Å². The van der Waals surface area contributed by atoms with Crippen molar-refractivity contribution in [1.29, 1.82) is 0 Å². The van der Waals surface area contributed by atoms with E-state index < -0.39 is 57.4 Å². The first-order chi connectivity index (χ1) is 22.3. The maximum Gasteiger partial charge on any atom is 0.433 e. The number of ether oxygens (including phenoxy) is 2. The van der Waals surface area contributed by atoms with Crippen LogP contribution in [0.4, 0.5) is 26.3 Å². The summed E-state index contributed by atoms with van der Waals surface area (Å²) in [5.74, 6) is -1.61. The lowest BCUT2D eigenvalue weighted by Crippen LogP contribution is -2.33. The first kappa shape index (κ1) is 39.3. The largest absolute Gasteiger partial charge is 0.466 e. The van der Waals surface area contributed by atoms with Gasteiger partial charge in [-0.2, -0.15) is 36.5 Å². The first-order valence-electron chi connectivity index (χ1n) is 15.4. The van der Waals surface area contributed by atoms with Crippen molar-refractivity contribution in [1.82, 2.24) is 19.6 Å². The number of nitrogens with zero attached hydrogens (tertiary/aromatic N) is 4. The van der Waals surface area contributed by atoms with Crippen LogP contribution in [0.5, 0.6) is 0 Å². The van der Waals surface area contributed by atoms with E-state index in [2.05, 4.69) is 10.2 Å². The molecule has 268 valence electrons. The van der Waals surface area contributed by atoms with Crippen molar-refractivity contribution in [2.75, 3.05) is 13.2 Å². The summed E-state index contributed by atoms with van der Waals surface area (Å²) in [6.07, 6.45) is -5.61. The van der Waals surface area contributed by atoms with Crippen LogP contribution in [0, 0.1) is 23.7 Å². The fourth-order valence-electron chi connectivity index (χ4n) is 6.51. The molecule has 0 spiro atoms. The molecule has 2 fully saturated rings. The van der Waals surface area contributed by atoms with Gasteiger partial charge in [0.2, 0.25) is 0 Å². The number of rotatable bonds is 8. The van der Waals surface area contributed by atoms with Gasteiger partial charge in [0.25, 0.3) is 10.5 Å². The molecule has 0 radical (unpaired) electrons. The summed E-state index contributed by atoms with van der Waals surface area (Å²) < 4.78 is 91.5. The Labute approximate surface area is 282 Å². The van der Waals surface area contributed by atoms with Gasteiger partial charge in [0, 0.05) is 0 Å². The van der Waals surface area contributed by atoms with Crippen LogP contribution < -0.4 is 0 Å². The van der Waals surface area contributed by atoms with Gasteiger partial charge in [-0.1, -0.05) is 13.8 Å². The zero-order valence-corrected chi connectivity index (χ0v) is 28.0. The molecule has 2 aromatic heterocycles. The highest BCUT2D eigenvalue weighted by Crippen LogP contribution is 2.43. The molecule has 0 N–H and O–H groups in total. The summed E-state index contributed by atoms with van der Waals surface area (Å²) in [7, 11) is 0. The SMILES string of the molecule is CCOC(=O)[C@@H]1CC[C@@H](n2ncc(C(=O)Cl)c2C(F)(F)F)C[C@H]1C.CCOC(=O)[C@H]1CC[C@H](n2ncc(C(=O)Cl)c2C(F)(F)F)C[C@@H]1C. The van der Waals surface area contributed by atoms with E-state index in [0.29, 0.717) is 38.5 Å². The number of alkyl halides is 6. The summed E-state index contributed by atoms with van der Waals surface area (Å²) in [4.78, 5) is 46.2. The molecule has 0 aromatic carbocycles. The number of hydrogen-bond acceptors (Lipinski definition) is 8. The molecule has 10 nitrogen and oxygen atoms in total. The van der Waals surface area contributed by atoms with Crippen LogP contribution in [0.1, 0.15) is 110 Å². The molecule has 18 heteroatoms. The highest BCUT2D eigenvalue weighted by molar-refractivity contribution is 6.68. The molecule has 4 rings (SSSR count). The summed E-state index contributed by atoms with van der Waals surface area (Å²) in [6, 6.07) is -1.10. The summed E-state index contributed by atoms with van der Waals surface area (Å²) in [5.41, 5.74) is -3.56. The van der Waals surface area contributed by atoms with E-state index in [-0.39, 0.29) is 48.8 Å². The molecule has 2 heterocycles. The fourth-order valence-corrected chi connectivity index (χ4v) is 6.79. The smallest absolute Gasteiger partial charge is 0.433 e. The normalized spacial score (nSPS) is 24.7. The van der Waals surface area contributed by atoms with Gasteiger partial charge < -0.3 is 9.47 Å². The van der Waals surface area contributed by atoms with Gasteiger partial charge in [0.1, 0.15) is 0 Å². The molecule has 2 aliphatic carbocycles. The van der Waals surface area contributed by atoms with Gasteiger partial charge in [-0.15, -0.1) is 0 Å². The quantitative estimate of drug-likeness (QED) is 0.154. The van der Waals surface area contributed by atoms with Crippen molar-refractivity contribution in [2.24, 2.45) is 23.7 Å². The zero-order chi connectivity index (χ0) is 36.1. The van der Waals surface area contributed by atoms with Gasteiger partial charge in [-0.3, -0.25) is 28.5 Å². The Balaban J connectivity index is 0.000000260. The molecule has 2 aromatic rings. The lowest BCUT2D eigenvalue weighted by Gasteiger charge is -2.33. The predicted octanol–water partition coefficient (Wildman–Crippen LogP) is 7.64. The van der Waals surface area contributed by atoms with Crippen LogP contribution in [0.3, 0.4) is 0 Å². The second-order valence-electron chi connectivity index (χ2n) is 11.9. The van der Waals surface area contributed by atoms with E-state index in [9.17, 15) is 45.5 Å². The minimum Gasteiger partial charge on any atom is -0.466 e. The van der Waals surface area contributed by atoms with Crippen LogP contribution in [-0.2, 0) is 31.4 Å². The maximum absolute atomic E-state index is 13.3. The highest BCUT2D eigenvalue weighted by atomic mass is 35.5. The molecule has 2 saturated carbocycles. The van der Waals surface area contributed by atoms with Crippen LogP contribution in [0.2, 0.25) is 0 Å². The molecule has 2 aliphatic rings. The zero-order valence-electron chi connectivity index (χ0n) is 26.5. The van der Waals surface area contributed by atoms with Crippen molar-refractivity contribution in [2.45, 2.75) is 90.7 Å². The number of hydrogen-bond donors (Lipinski definition) is 0. The van der Waals surface area contributed by atoms with Gasteiger partial charge in [0.15, 0.2) is 11.4 Å². The molecule has 0 aliphatic heterocycles. The highest BCUT2D eigenvalue weighted by Gasteiger charge is 2.45. The minimum absolute atomic E-state index is 0.150. The molecule has 6 atom stereocenters. The van der Waals surface area contributed by atoms with Crippen molar-refractivity contribution in [3.8, 4) is 0 Å². The van der Waals surface area contributed by atoms with Crippen molar-refractivity contribution in [3.63, 3.8) is 0 Å². The van der Waals surface area contributed by atoms with Crippen molar-refractivity contribution < 1.29 is 55.0 Å². The average Bonchev–Trinajstić information content (AvgIpc) is 3.64. The third-order valence-electron chi connectivity index (χ3n) is 8.71. The second kappa shape index (κ2) is 16.0. The minimum atomic E-state index is -4.74. The predicted molar refractivity (Wildman–Crippen MR) is 159 cm³/mol. The standard InChI is InChI=1S/2C15H18ClF3N2O3/c2*1-3-24-14(23)10-5-4-9(6-8(10)2)21-12(15(17,18)19)11(7-20-21)13(16)22/h2*7-10H,3-6H2,1-2H3/t2*8-,9-,10-/m10/s1. The number of esters is 2. The van der Waals surface area contributed by atoms with Crippen LogP contribution in [0.15, 0.2) is 12.4 Å². The Bertz CT molecular complexity index is 1370. The maximum atomic E-state index is 13.3. The molecule has 0 bridgehead atoms. The van der Waals surface area contributed by atoms with E-state index in [1.54, 1.807) is 27.7 Å². The Morgan fingerprint density at radius 1 is 0.708 bits per heavy atom. The summed E-state index contributed by atoms with van der Waals surface area (Å²) >= 11 is 10.5. The molecular weight excluding hydrogens is 697 g/mol.